The van der Waals surface area contributed by atoms with Gasteiger partial charge in [-0.15, -0.1) is 0 Å². The van der Waals surface area contributed by atoms with Gasteiger partial charge in [-0.2, -0.15) is 5.10 Å². The number of aryl methyl sites for hydroxylation is 1. The van der Waals surface area contributed by atoms with Crippen LogP contribution in [0.15, 0.2) is 59.4 Å². The molecule has 0 saturated carbocycles. The van der Waals surface area contributed by atoms with Crippen molar-refractivity contribution in [1.82, 2.24) is 14.8 Å². The van der Waals surface area contributed by atoms with E-state index in [2.05, 4.69) is 15.4 Å². The Morgan fingerprint density at radius 2 is 1.94 bits per heavy atom. The maximum Gasteiger partial charge on any atom is 0.267 e. The molecule has 2 heterocycles. The Morgan fingerprint density at radius 3 is 2.68 bits per heavy atom. The fraction of sp³-hybridized carbons (Fsp3) is 0.217. The van der Waals surface area contributed by atoms with Crippen LogP contribution in [0.2, 0.25) is 0 Å². The summed E-state index contributed by atoms with van der Waals surface area (Å²) in [6.07, 6.45) is 0. The zero-order valence-corrected chi connectivity index (χ0v) is 18.3. The van der Waals surface area contributed by atoms with Gasteiger partial charge in [-0.3, -0.25) is 9.59 Å². The standard InChI is InChI=1S/C23H22N4O3S/c1-4-30-17-8-6-16(7-9-17)18-11-12-21(28)27(26-18)15(3)22(29)25-23-24-19-10-5-14(2)13-20(19)31-23/h5-13,15H,4H2,1-3H3,(H,24,25,29). The Labute approximate surface area is 183 Å². The summed E-state index contributed by atoms with van der Waals surface area (Å²) in [6, 6.07) is 15.6. The molecule has 0 radical (unpaired) electrons. The highest BCUT2D eigenvalue weighted by atomic mass is 32.1. The van der Waals surface area contributed by atoms with Crippen molar-refractivity contribution >= 4 is 32.6 Å². The van der Waals surface area contributed by atoms with Gasteiger partial charge in [0, 0.05) is 11.6 Å². The molecule has 0 aliphatic rings. The number of nitrogens with zero attached hydrogens (tertiary/aromatic N) is 3. The minimum atomic E-state index is -0.802. The van der Waals surface area contributed by atoms with Crippen molar-refractivity contribution in [3.63, 3.8) is 0 Å². The van der Waals surface area contributed by atoms with Crippen LogP contribution in [-0.2, 0) is 4.79 Å². The number of ether oxygens (including phenoxy) is 1. The van der Waals surface area contributed by atoms with E-state index in [0.29, 0.717) is 17.4 Å². The first-order valence-electron chi connectivity index (χ1n) is 9.96. The number of carbonyl (C=O) groups excluding carboxylic acids is 1. The lowest BCUT2D eigenvalue weighted by Crippen LogP contribution is -2.33. The van der Waals surface area contributed by atoms with Crippen molar-refractivity contribution in [3.8, 4) is 17.0 Å². The Balaban J connectivity index is 1.56. The number of hydrogen-bond acceptors (Lipinski definition) is 6. The van der Waals surface area contributed by atoms with Crippen LogP contribution < -0.4 is 15.6 Å². The van der Waals surface area contributed by atoms with Crippen LogP contribution >= 0.6 is 11.3 Å². The van der Waals surface area contributed by atoms with E-state index in [4.69, 9.17) is 4.74 Å². The van der Waals surface area contributed by atoms with E-state index >= 15 is 0 Å². The van der Waals surface area contributed by atoms with Crippen molar-refractivity contribution < 1.29 is 9.53 Å². The van der Waals surface area contributed by atoms with E-state index < -0.39 is 6.04 Å². The molecule has 4 rings (SSSR count). The highest BCUT2D eigenvalue weighted by molar-refractivity contribution is 7.22. The van der Waals surface area contributed by atoms with Gasteiger partial charge in [0.25, 0.3) is 11.5 Å². The lowest BCUT2D eigenvalue weighted by molar-refractivity contribution is -0.119. The molecular formula is C23H22N4O3S. The number of aromatic nitrogens is 3. The average molecular weight is 435 g/mol. The molecule has 2 aromatic heterocycles. The number of fused-ring (bicyclic) bond motifs is 1. The second-order valence-electron chi connectivity index (χ2n) is 7.11. The summed E-state index contributed by atoms with van der Waals surface area (Å²) >= 11 is 1.40. The van der Waals surface area contributed by atoms with E-state index in [1.165, 1.54) is 22.1 Å². The molecule has 0 spiro atoms. The van der Waals surface area contributed by atoms with E-state index in [0.717, 1.165) is 27.1 Å². The van der Waals surface area contributed by atoms with Crippen molar-refractivity contribution in [1.29, 1.82) is 0 Å². The fourth-order valence-electron chi connectivity index (χ4n) is 3.15. The number of anilines is 1. The summed E-state index contributed by atoms with van der Waals surface area (Å²) in [4.78, 5) is 29.7. The van der Waals surface area contributed by atoms with Gasteiger partial charge in [-0.1, -0.05) is 17.4 Å². The van der Waals surface area contributed by atoms with E-state index in [-0.39, 0.29) is 11.5 Å². The minimum absolute atomic E-state index is 0.350. The summed E-state index contributed by atoms with van der Waals surface area (Å²) in [5.74, 6) is 0.410. The molecule has 0 aliphatic carbocycles. The van der Waals surface area contributed by atoms with Crippen molar-refractivity contribution in [2.24, 2.45) is 0 Å². The molecule has 8 heteroatoms. The lowest BCUT2D eigenvalue weighted by Gasteiger charge is -2.14. The molecule has 1 atom stereocenters. The molecule has 1 amide bonds. The number of thiazole rings is 1. The summed E-state index contributed by atoms with van der Waals surface area (Å²) in [7, 11) is 0. The van der Waals surface area contributed by atoms with Crippen LogP contribution in [0.1, 0.15) is 25.5 Å². The smallest absolute Gasteiger partial charge is 0.267 e. The molecule has 2 aromatic carbocycles. The lowest BCUT2D eigenvalue weighted by atomic mass is 10.1. The second-order valence-corrected chi connectivity index (χ2v) is 8.14. The summed E-state index contributed by atoms with van der Waals surface area (Å²) in [6.45, 7) is 6.16. The molecule has 0 fully saturated rings. The SMILES string of the molecule is CCOc1ccc(-c2ccc(=O)n(C(C)C(=O)Nc3nc4ccc(C)cc4s3)n2)cc1. The maximum atomic E-state index is 12.8. The highest BCUT2D eigenvalue weighted by Crippen LogP contribution is 2.27. The quantitative estimate of drug-likeness (QED) is 0.485. The topological polar surface area (TPSA) is 86.1 Å². The summed E-state index contributed by atoms with van der Waals surface area (Å²) < 4.78 is 7.65. The zero-order chi connectivity index (χ0) is 22.0. The van der Waals surface area contributed by atoms with Gasteiger partial charge >= 0.3 is 0 Å². The number of benzene rings is 2. The third kappa shape index (κ3) is 4.49. The van der Waals surface area contributed by atoms with Crippen LogP contribution in [0.3, 0.4) is 0 Å². The molecule has 1 N–H and O–H groups in total. The first-order chi connectivity index (χ1) is 14.9. The fourth-order valence-corrected chi connectivity index (χ4v) is 4.12. The van der Waals surface area contributed by atoms with Gasteiger partial charge in [-0.25, -0.2) is 9.67 Å². The molecule has 0 saturated heterocycles. The predicted molar refractivity (Wildman–Crippen MR) is 123 cm³/mol. The van der Waals surface area contributed by atoms with Gasteiger partial charge in [-0.05, 0) is 68.8 Å². The predicted octanol–water partition coefficient (Wildman–Crippen LogP) is 4.43. The van der Waals surface area contributed by atoms with E-state index in [9.17, 15) is 9.59 Å². The molecule has 7 nitrogen and oxygen atoms in total. The third-order valence-electron chi connectivity index (χ3n) is 4.81. The number of carbonyl (C=O) groups is 1. The van der Waals surface area contributed by atoms with Crippen LogP contribution in [0.5, 0.6) is 5.75 Å². The van der Waals surface area contributed by atoms with Crippen LogP contribution in [0.25, 0.3) is 21.5 Å². The summed E-state index contributed by atoms with van der Waals surface area (Å²) in [5, 5.41) is 7.72. The van der Waals surface area contributed by atoms with Gasteiger partial charge in [0.2, 0.25) is 0 Å². The number of amides is 1. The molecular weight excluding hydrogens is 412 g/mol. The molecule has 31 heavy (non-hydrogen) atoms. The first kappa shape index (κ1) is 20.7. The van der Waals surface area contributed by atoms with Gasteiger partial charge in [0.05, 0.1) is 22.5 Å². The number of hydrogen-bond donors (Lipinski definition) is 1. The third-order valence-corrected chi connectivity index (χ3v) is 5.74. The van der Waals surface area contributed by atoms with Gasteiger partial charge < -0.3 is 10.1 Å². The highest BCUT2D eigenvalue weighted by Gasteiger charge is 2.19. The zero-order valence-electron chi connectivity index (χ0n) is 17.5. The van der Waals surface area contributed by atoms with Crippen LogP contribution in [-0.4, -0.2) is 27.3 Å². The second kappa shape index (κ2) is 8.69. The monoisotopic (exact) mass is 434 g/mol. The molecule has 0 bridgehead atoms. The van der Waals surface area contributed by atoms with Crippen molar-refractivity contribution in [2.45, 2.75) is 26.8 Å². The largest absolute Gasteiger partial charge is 0.494 e. The normalized spacial score (nSPS) is 12.0. The van der Waals surface area contributed by atoms with Gasteiger partial charge in [0.1, 0.15) is 11.8 Å². The Kier molecular flexibility index (Phi) is 5.81. The molecule has 0 aliphatic heterocycles. The molecule has 158 valence electrons. The summed E-state index contributed by atoms with van der Waals surface area (Å²) in [5.41, 5.74) is 3.02. The van der Waals surface area contributed by atoms with Crippen molar-refractivity contribution in [3.05, 3.63) is 70.5 Å². The van der Waals surface area contributed by atoms with Crippen LogP contribution in [0.4, 0.5) is 5.13 Å². The van der Waals surface area contributed by atoms with Gasteiger partial charge in [0.15, 0.2) is 5.13 Å². The van der Waals surface area contributed by atoms with E-state index in [1.807, 2.05) is 56.3 Å². The Hall–Kier alpha value is -3.52. The first-order valence-corrected chi connectivity index (χ1v) is 10.8. The number of rotatable bonds is 6. The molecule has 4 aromatic rings. The number of nitrogens with one attached hydrogen (secondary N) is 1. The Morgan fingerprint density at radius 1 is 1.16 bits per heavy atom. The molecule has 1 unspecified atom stereocenters. The Bertz CT molecular complexity index is 1290. The van der Waals surface area contributed by atoms with Crippen molar-refractivity contribution in [2.75, 3.05) is 11.9 Å². The maximum absolute atomic E-state index is 12.8. The minimum Gasteiger partial charge on any atom is -0.494 e. The van der Waals surface area contributed by atoms with Crippen LogP contribution in [0, 0.1) is 6.92 Å². The van der Waals surface area contributed by atoms with E-state index in [1.54, 1.807) is 13.0 Å². The average Bonchev–Trinajstić information content (AvgIpc) is 3.15.